The molecule has 3 heterocycles. The van der Waals surface area contributed by atoms with Gasteiger partial charge in [0.1, 0.15) is 17.8 Å². The van der Waals surface area contributed by atoms with Crippen molar-refractivity contribution in [3.63, 3.8) is 0 Å². The molecule has 2 amide bonds. The predicted molar refractivity (Wildman–Crippen MR) is 133 cm³/mol. The number of nitrogens with zero attached hydrogens (tertiary/aromatic N) is 4. The Hall–Kier alpha value is -3.98. The van der Waals surface area contributed by atoms with Crippen molar-refractivity contribution in [2.24, 2.45) is 0 Å². The van der Waals surface area contributed by atoms with Crippen LogP contribution in [-0.2, 0) is 27.4 Å². The van der Waals surface area contributed by atoms with Crippen LogP contribution in [0.15, 0.2) is 71.3 Å². The van der Waals surface area contributed by atoms with Crippen LogP contribution in [0.3, 0.4) is 0 Å². The van der Waals surface area contributed by atoms with E-state index in [1.54, 1.807) is 21.7 Å². The van der Waals surface area contributed by atoms with Gasteiger partial charge in [-0.2, -0.15) is 0 Å². The van der Waals surface area contributed by atoms with E-state index < -0.39 is 6.04 Å². The summed E-state index contributed by atoms with van der Waals surface area (Å²) in [4.78, 5) is 28.9. The molecule has 0 radical (unpaired) electrons. The van der Waals surface area contributed by atoms with Crippen LogP contribution in [0.5, 0.6) is 0 Å². The van der Waals surface area contributed by atoms with Crippen LogP contribution in [0.1, 0.15) is 35.8 Å². The van der Waals surface area contributed by atoms with Gasteiger partial charge in [-0.05, 0) is 49.6 Å². The lowest BCUT2D eigenvalue weighted by atomic mass is 10.1. The summed E-state index contributed by atoms with van der Waals surface area (Å²) in [7, 11) is 0. The number of aryl methyl sites for hydroxylation is 1. The minimum atomic E-state index is -0.954. The van der Waals surface area contributed by atoms with Crippen LogP contribution >= 0.6 is 0 Å². The first kappa shape index (κ1) is 23.7. The minimum Gasteiger partial charge on any atom is -0.467 e. The second-order valence-corrected chi connectivity index (χ2v) is 9.04. The summed E-state index contributed by atoms with van der Waals surface area (Å²) >= 11 is 0. The summed E-state index contributed by atoms with van der Waals surface area (Å²) in [5.41, 5.74) is 3.47. The van der Waals surface area contributed by atoms with E-state index in [2.05, 4.69) is 15.6 Å². The van der Waals surface area contributed by atoms with Gasteiger partial charge in [-0.25, -0.2) is 4.68 Å². The Balaban J connectivity index is 1.45. The number of hydrogen-bond donors (Lipinski definition) is 1. The Morgan fingerprint density at radius 1 is 1.14 bits per heavy atom. The number of hydrogen-bond acceptors (Lipinski definition) is 6. The van der Waals surface area contributed by atoms with E-state index in [1.165, 1.54) is 6.26 Å². The van der Waals surface area contributed by atoms with E-state index in [-0.39, 0.29) is 31.0 Å². The average Bonchev–Trinajstić information content (AvgIpc) is 3.67. The number of benzene rings is 2. The molecule has 2 aromatic carbocycles. The highest BCUT2D eigenvalue weighted by atomic mass is 16.5. The number of fused-ring (bicyclic) bond motifs is 1. The van der Waals surface area contributed by atoms with Crippen LogP contribution in [0.4, 0.5) is 0 Å². The van der Waals surface area contributed by atoms with Gasteiger partial charge in [0.05, 0.1) is 17.9 Å². The smallest absolute Gasteiger partial charge is 0.250 e. The van der Waals surface area contributed by atoms with Gasteiger partial charge in [-0.15, -0.1) is 5.10 Å². The number of ether oxygens (including phenoxy) is 1. The molecule has 4 aromatic rings. The number of aromatic nitrogens is 3. The molecule has 36 heavy (non-hydrogen) atoms. The zero-order chi connectivity index (χ0) is 24.9. The zero-order valence-corrected chi connectivity index (χ0v) is 20.2. The molecule has 0 unspecified atom stereocenters. The van der Waals surface area contributed by atoms with E-state index in [0.717, 1.165) is 29.5 Å². The van der Waals surface area contributed by atoms with Crippen molar-refractivity contribution in [3.05, 3.63) is 83.8 Å². The Kier molecular flexibility index (Phi) is 7.08. The van der Waals surface area contributed by atoms with E-state index in [9.17, 15) is 9.59 Å². The van der Waals surface area contributed by atoms with Crippen LogP contribution in [0.25, 0.3) is 11.0 Å². The van der Waals surface area contributed by atoms with Gasteiger partial charge >= 0.3 is 0 Å². The molecule has 186 valence electrons. The number of carbonyl (C=O) groups excluding carboxylic acids is 2. The highest BCUT2D eigenvalue weighted by Gasteiger charge is 2.34. The zero-order valence-electron chi connectivity index (χ0n) is 20.2. The van der Waals surface area contributed by atoms with Gasteiger partial charge in [0, 0.05) is 19.7 Å². The number of carbonyl (C=O) groups is 2. The van der Waals surface area contributed by atoms with Crippen molar-refractivity contribution >= 4 is 22.8 Å². The summed E-state index contributed by atoms with van der Waals surface area (Å²) in [5, 5.41) is 11.3. The first-order valence-corrected chi connectivity index (χ1v) is 12.1. The molecule has 1 aliphatic rings. The molecular formula is C27H29N5O4. The molecule has 2 atom stereocenters. The van der Waals surface area contributed by atoms with Crippen molar-refractivity contribution in [2.45, 2.75) is 45.0 Å². The molecule has 9 heteroatoms. The standard InChI is InChI=1S/C27H29N5O4/c1-19-10-12-20(13-11-19)17-31(25(33)18-32-23-8-3-2-7-22(23)29-30-32)26(24-9-5-15-36-24)27(34)28-16-21-6-4-14-35-21/h2-3,5,7-13,15,21,26H,4,6,14,16-18H2,1H3,(H,28,34)/t21-,26-/m0/s1. The summed E-state index contributed by atoms with van der Waals surface area (Å²) in [5.74, 6) is -0.201. The quantitative estimate of drug-likeness (QED) is 0.388. The molecule has 1 saturated heterocycles. The average molecular weight is 488 g/mol. The Morgan fingerprint density at radius 2 is 1.97 bits per heavy atom. The number of nitrogens with one attached hydrogen (secondary N) is 1. The normalized spacial score (nSPS) is 16.2. The maximum atomic E-state index is 13.8. The molecule has 1 fully saturated rings. The summed E-state index contributed by atoms with van der Waals surface area (Å²) in [6, 6.07) is 17.8. The largest absolute Gasteiger partial charge is 0.467 e. The van der Waals surface area contributed by atoms with E-state index >= 15 is 0 Å². The maximum Gasteiger partial charge on any atom is 0.250 e. The van der Waals surface area contributed by atoms with Crippen molar-refractivity contribution in [1.29, 1.82) is 0 Å². The fourth-order valence-corrected chi connectivity index (χ4v) is 4.45. The molecule has 0 saturated carbocycles. The molecule has 0 aliphatic carbocycles. The Morgan fingerprint density at radius 3 is 2.72 bits per heavy atom. The summed E-state index contributed by atoms with van der Waals surface area (Å²) in [6.07, 6.45) is 3.37. The predicted octanol–water partition coefficient (Wildman–Crippen LogP) is 3.40. The Bertz CT molecular complexity index is 1310. The van der Waals surface area contributed by atoms with Crippen molar-refractivity contribution in [3.8, 4) is 0 Å². The third kappa shape index (κ3) is 5.31. The fraction of sp³-hybridized carbons (Fsp3) is 0.333. The van der Waals surface area contributed by atoms with E-state index in [1.807, 2.05) is 55.5 Å². The lowest BCUT2D eigenvalue weighted by molar-refractivity contribution is -0.143. The lowest BCUT2D eigenvalue weighted by Crippen LogP contribution is -2.46. The maximum absolute atomic E-state index is 13.8. The minimum absolute atomic E-state index is 0.0195. The van der Waals surface area contributed by atoms with Crippen molar-refractivity contribution in [1.82, 2.24) is 25.2 Å². The number of furan rings is 1. The lowest BCUT2D eigenvalue weighted by Gasteiger charge is -2.30. The summed E-state index contributed by atoms with van der Waals surface area (Å²) in [6.45, 7) is 3.25. The highest BCUT2D eigenvalue weighted by Crippen LogP contribution is 2.26. The highest BCUT2D eigenvalue weighted by molar-refractivity contribution is 5.88. The number of rotatable bonds is 9. The molecule has 2 aromatic heterocycles. The van der Waals surface area contributed by atoms with Gasteiger partial charge in [0.15, 0.2) is 6.04 Å². The van der Waals surface area contributed by atoms with Crippen LogP contribution in [-0.4, -0.2) is 51.0 Å². The molecular weight excluding hydrogens is 458 g/mol. The van der Waals surface area contributed by atoms with Gasteiger partial charge in [0.2, 0.25) is 5.91 Å². The monoisotopic (exact) mass is 487 g/mol. The molecule has 1 N–H and O–H groups in total. The van der Waals surface area contributed by atoms with Crippen molar-refractivity contribution < 1.29 is 18.7 Å². The van der Waals surface area contributed by atoms with Gasteiger partial charge in [-0.1, -0.05) is 47.2 Å². The van der Waals surface area contributed by atoms with Crippen molar-refractivity contribution in [2.75, 3.05) is 13.2 Å². The third-order valence-electron chi connectivity index (χ3n) is 6.40. The van der Waals surface area contributed by atoms with Gasteiger partial charge in [-0.3, -0.25) is 9.59 Å². The second kappa shape index (κ2) is 10.7. The fourth-order valence-electron chi connectivity index (χ4n) is 4.45. The topological polar surface area (TPSA) is 102 Å². The molecule has 9 nitrogen and oxygen atoms in total. The Labute approximate surface area is 209 Å². The molecule has 1 aliphatic heterocycles. The molecule has 5 rings (SSSR count). The number of amides is 2. The second-order valence-electron chi connectivity index (χ2n) is 9.04. The number of para-hydroxylation sites is 1. The SMILES string of the molecule is Cc1ccc(CN(C(=O)Cn2nnc3ccccc32)[C@H](C(=O)NC[C@@H]2CCCO2)c2ccco2)cc1. The third-order valence-corrected chi connectivity index (χ3v) is 6.40. The van der Waals surface area contributed by atoms with Crippen LogP contribution < -0.4 is 5.32 Å². The van der Waals surface area contributed by atoms with E-state index in [0.29, 0.717) is 24.4 Å². The first-order chi connectivity index (χ1) is 17.6. The first-order valence-electron chi connectivity index (χ1n) is 12.1. The van der Waals surface area contributed by atoms with Crippen LogP contribution in [0, 0.1) is 6.92 Å². The van der Waals surface area contributed by atoms with E-state index in [4.69, 9.17) is 9.15 Å². The van der Waals surface area contributed by atoms with Crippen LogP contribution in [0.2, 0.25) is 0 Å². The molecule has 0 bridgehead atoms. The molecule has 0 spiro atoms. The van der Waals surface area contributed by atoms with Gasteiger partial charge in [0.25, 0.3) is 5.91 Å². The van der Waals surface area contributed by atoms with Gasteiger partial charge < -0.3 is 19.4 Å². The summed E-state index contributed by atoms with van der Waals surface area (Å²) < 4.78 is 12.9.